The van der Waals surface area contributed by atoms with Crippen molar-refractivity contribution in [1.82, 2.24) is 9.88 Å². The summed E-state index contributed by atoms with van der Waals surface area (Å²) in [4.78, 5) is 6.68. The number of likely N-dealkylation sites (tertiary alicyclic amines) is 1. The molecule has 0 radical (unpaired) electrons. The van der Waals surface area contributed by atoms with Gasteiger partial charge in [0.1, 0.15) is 23.5 Å². The van der Waals surface area contributed by atoms with Crippen molar-refractivity contribution in [2.24, 2.45) is 0 Å². The number of pyridine rings is 1. The van der Waals surface area contributed by atoms with Crippen molar-refractivity contribution < 1.29 is 17.9 Å². The molecule has 1 aromatic heterocycles. The number of alkyl halides is 3. The van der Waals surface area contributed by atoms with E-state index in [0.29, 0.717) is 23.7 Å². The third-order valence-corrected chi connectivity index (χ3v) is 5.72. The Morgan fingerprint density at radius 1 is 1.23 bits per heavy atom. The summed E-state index contributed by atoms with van der Waals surface area (Å²) >= 11 is 1.20. The average molecular weight is 433 g/mol. The fraction of sp³-hybridized carbons (Fsp3) is 0.364. The van der Waals surface area contributed by atoms with Crippen LogP contribution in [0.4, 0.5) is 13.2 Å². The van der Waals surface area contributed by atoms with E-state index in [0.717, 1.165) is 38.5 Å². The fourth-order valence-corrected chi connectivity index (χ4v) is 4.27. The van der Waals surface area contributed by atoms with Crippen LogP contribution >= 0.6 is 11.8 Å². The maximum absolute atomic E-state index is 13.7. The van der Waals surface area contributed by atoms with E-state index in [1.54, 1.807) is 36.4 Å². The molecule has 1 fully saturated rings. The molecule has 8 heteroatoms. The van der Waals surface area contributed by atoms with E-state index in [2.05, 4.69) is 16.5 Å². The van der Waals surface area contributed by atoms with E-state index in [1.165, 1.54) is 11.8 Å². The van der Waals surface area contributed by atoms with Crippen LogP contribution in [0.15, 0.2) is 48.0 Å². The molecule has 0 spiro atoms. The molecule has 3 rings (SSSR count). The Kier molecular flexibility index (Phi) is 7.40. The smallest absolute Gasteiger partial charge is 0.417 e. The predicted octanol–water partition coefficient (Wildman–Crippen LogP) is 5.39. The van der Waals surface area contributed by atoms with Gasteiger partial charge in [-0.05, 0) is 56.3 Å². The van der Waals surface area contributed by atoms with E-state index < -0.39 is 17.3 Å². The topological polar surface area (TPSA) is 49.1 Å². The Morgan fingerprint density at radius 3 is 2.53 bits per heavy atom. The number of nitrogens with zero attached hydrogens (tertiary/aromatic N) is 3. The predicted molar refractivity (Wildman–Crippen MR) is 111 cm³/mol. The van der Waals surface area contributed by atoms with Gasteiger partial charge >= 0.3 is 6.18 Å². The molecule has 0 saturated carbocycles. The highest BCUT2D eigenvalue weighted by Crippen LogP contribution is 2.38. The molecule has 2 aromatic rings. The van der Waals surface area contributed by atoms with Crippen LogP contribution in [0.1, 0.15) is 24.0 Å². The summed E-state index contributed by atoms with van der Waals surface area (Å²) in [6.45, 7) is 6.69. The molecule has 30 heavy (non-hydrogen) atoms. The fourth-order valence-electron chi connectivity index (χ4n) is 3.26. The number of benzene rings is 1. The molecule has 1 saturated heterocycles. The Labute approximate surface area is 178 Å². The number of thioether (sulfide) groups is 1. The Bertz CT molecular complexity index is 917. The molecule has 1 aromatic carbocycles. The maximum Gasteiger partial charge on any atom is 0.417 e. The van der Waals surface area contributed by atoms with Crippen LogP contribution < -0.4 is 4.74 Å². The highest BCUT2D eigenvalue weighted by molar-refractivity contribution is 7.99. The summed E-state index contributed by atoms with van der Waals surface area (Å²) in [6.07, 6.45) is -0.740. The second kappa shape index (κ2) is 10.0. The van der Waals surface area contributed by atoms with Gasteiger partial charge in [0.15, 0.2) is 0 Å². The van der Waals surface area contributed by atoms with Crippen LogP contribution in [-0.2, 0) is 6.18 Å². The second-order valence-corrected chi connectivity index (χ2v) is 7.95. The van der Waals surface area contributed by atoms with Crippen LogP contribution in [0.2, 0.25) is 0 Å². The zero-order valence-corrected chi connectivity index (χ0v) is 17.2. The first-order valence-electron chi connectivity index (χ1n) is 9.64. The van der Waals surface area contributed by atoms with Gasteiger partial charge in [0.25, 0.3) is 0 Å². The Balaban J connectivity index is 1.90. The minimum atomic E-state index is -4.64. The first-order chi connectivity index (χ1) is 14.4. The van der Waals surface area contributed by atoms with Gasteiger partial charge in [-0.2, -0.15) is 18.4 Å². The van der Waals surface area contributed by atoms with E-state index in [9.17, 15) is 18.4 Å². The molecule has 0 unspecified atom stereocenters. The molecule has 2 heterocycles. The summed E-state index contributed by atoms with van der Waals surface area (Å²) in [5, 5.41) is 9.53. The SMILES string of the molecule is C=CCOc1ccc(-c2cc(C(F)(F)F)c(C#N)c(SCCN3CCCC3)n2)cc1. The lowest BCUT2D eigenvalue weighted by molar-refractivity contribution is -0.138. The van der Waals surface area contributed by atoms with E-state index >= 15 is 0 Å². The molecule has 0 bridgehead atoms. The lowest BCUT2D eigenvalue weighted by Gasteiger charge is -2.16. The van der Waals surface area contributed by atoms with Gasteiger partial charge < -0.3 is 9.64 Å². The lowest BCUT2D eigenvalue weighted by Crippen LogP contribution is -2.22. The molecule has 0 aliphatic carbocycles. The van der Waals surface area contributed by atoms with Crippen molar-refractivity contribution in [2.75, 3.05) is 32.0 Å². The molecule has 158 valence electrons. The molecular weight excluding hydrogens is 411 g/mol. The number of nitriles is 1. The van der Waals surface area contributed by atoms with Crippen LogP contribution in [0.3, 0.4) is 0 Å². The molecule has 0 amide bonds. The first kappa shape index (κ1) is 22.2. The highest BCUT2D eigenvalue weighted by Gasteiger charge is 2.36. The van der Waals surface area contributed by atoms with Gasteiger partial charge in [0, 0.05) is 17.9 Å². The minimum Gasteiger partial charge on any atom is -0.490 e. The van der Waals surface area contributed by atoms with Crippen molar-refractivity contribution in [2.45, 2.75) is 24.0 Å². The molecule has 1 aliphatic rings. The van der Waals surface area contributed by atoms with Gasteiger partial charge in [-0.1, -0.05) is 12.7 Å². The van der Waals surface area contributed by atoms with Crippen molar-refractivity contribution in [1.29, 1.82) is 5.26 Å². The van der Waals surface area contributed by atoms with Crippen molar-refractivity contribution in [3.8, 4) is 23.1 Å². The maximum atomic E-state index is 13.7. The third kappa shape index (κ3) is 5.55. The average Bonchev–Trinajstić information content (AvgIpc) is 3.25. The normalized spacial score (nSPS) is 14.5. The Morgan fingerprint density at radius 2 is 1.93 bits per heavy atom. The molecular formula is C22H22F3N3OS. The highest BCUT2D eigenvalue weighted by atomic mass is 32.2. The van der Waals surface area contributed by atoms with Crippen LogP contribution in [0.25, 0.3) is 11.3 Å². The van der Waals surface area contributed by atoms with Crippen molar-refractivity contribution in [3.63, 3.8) is 0 Å². The number of hydrogen-bond acceptors (Lipinski definition) is 5. The van der Waals surface area contributed by atoms with Crippen LogP contribution in [0, 0.1) is 11.3 Å². The van der Waals surface area contributed by atoms with Gasteiger partial charge in [0.2, 0.25) is 0 Å². The summed E-state index contributed by atoms with van der Waals surface area (Å²) in [5.41, 5.74) is -0.660. The second-order valence-electron chi connectivity index (χ2n) is 6.87. The molecule has 0 N–H and O–H groups in total. The number of halogens is 3. The standard InChI is InChI=1S/C22H22F3N3OS/c1-2-12-29-17-7-5-16(6-8-17)20-14-19(22(23,24)25)18(15-26)21(27-20)30-13-11-28-9-3-4-10-28/h2,5-8,14H,1,3-4,9-13H2. The zero-order valence-electron chi connectivity index (χ0n) is 16.4. The largest absolute Gasteiger partial charge is 0.490 e. The molecule has 0 atom stereocenters. The summed E-state index contributed by atoms with van der Waals surface area (Å²) in [5.74, 6) is 1.17. The van der Waals surface area contributed by atoms with Crippen LogP contribution in [0.5, 0.6) is 5.75 Å². The van der Waals surface area contributed by atoms with Crippen molar-refractivity contribution in [3.05, 3.63) is 54.1 Å². The quantitative estimate of drug-likeness (QED) is 0.413. The number of ether oxygens (including phenoxy) is 1. The van der Waals surface area contributed by atoms with E-state index in [4.69, 9.17) is 4.74 Å². The first-order valence-corrected chi connectivity index (χ1v) is 10.6. The van der Waals surface area contributed by atoms with Crippen LogP contribution in [-0.4, -0.2) is 41.9 Å². The lowest BCUT2D eigenvalue weighted by atomic mass is 10.1. The summed E-state index contributed by atoms with van der Waals surface area (Å²) in [7, 11) is 0. The number of hydrogen-bond donors (Lipinski definition) is 0. The van der Waals surface area contributed by atoms with Gasteiger partial charge in [0.05, 0.1) is 16.8 Å². The Hall–Kier alpha value is -2.50. The molecule has 1 aliphatic heterocycles. The van der Waals surface area contributed by atoms with E-state index in [-0.39, 0.29) is 10.7 Å². The third-order valence-electron chi connectivity index (χ3n) is 4.77. The van der Waals surface area contributed by atoms with Gasteiger partial charge in [-0.15, -0.1) is 11.8 Å². The van der Waals surface area contributed by atoms with Gasteiger partial charge in [-0.3, -0.25) is 0 Å². The summed E-state index contributed by atoms with van der Waals surface area (Å²) in [6, 6.07) is 9.32. The minimum absolute atomic E-state index is 0.119. The number of rotatable bonds is 8. The summed E-state index contributed by atoms with van der Waals surface area (Å²) < 4.78 is 46.4. The zero-order chi connectivity index (χ0) is 21.6. The van der Waals surface area contributed by atoms with Gasteiger partial charge in [-0.25, -0.2) is 4.98 Å². The van der Waals surface area contributed by atoms with Crippen molar-refractivity contribution >= 4 is 11.8 Å². The number of aromatic nitrogens is 1. The monoisotopic (exact) mass is 433 g/mol. The van der Waals surface area contributed by atoms with E-state index in [1.807, 2.05) is 0 Å². The molecule has 4 nitrogen and oxygen atoms in total.